The highest BCUT2D eigenvalue weighted by atomic mass is 35.5. The van der Waals surface area contributed by atoms with Gasteiger partial charge in [0.05, 0.1) is 0 Å². The second kappa shape index (κ2) is 7.50. The summed E-state index contributed by atoms with van der Waals surface area (Å²) in [5.41, 5.74) is 0.860. The van der Waals surface area contributed by atoms with E-state index in [2.05, 4.69) is 10.6 Å². The Morgan fingerprint density at radius 3 is 3.15 bits per heavy atom. The highest BCUT2D eigenvalue weighted by Crippen LogP contribution is 2.24. The minimum absolute atomic E-state index is 0.0318. The average Bonchev–Trinajstić information content (AvgIpc) is 2.94. The molecule has 0 bridgehead atoms. The largest absolute Gasteiger partial charge is 0.483 e. The molecule has 1 atom stereocenters. The van der Waals surface area contributed by atoms with Crippen LogP contribution in [0.5, 0.6) is 5.75 Å². The zero-order valence-corrected chi connectivity index (χ0v) is 12.5. The lowest BCUT2D eigenvalue weighted by atomic mass is 10.1. The number of amides is 1. The molecule has 1 fully saturated rings. The molecule has 1 saturated heterocycles. The van der Waals surface area contributed by atoms with Crippen molar-refractivity contribution in [3.8, 4) is 5.75 Å². The van der Waals surface area contributed by atoms with E-state index in [1.54, 1.807) is 6.07 Å². The van der Waals surface area contributed by atoms with Gasteiger partial charge >= 0.3 is 0 Å². The summed E-state index contributed by atoms with van der Waals surface area (Å²) in [6.07, 6.45) is 2.23. The molecule has 1 heterocycles. The Labute approximate surface area is 124 Å². The monoisotopic (exact) mass is 296 g/mol. The minimum Gasteiger partial charge on any atom is -0.483 e. The molecule has 0 aromatic heterocycles. The fraction of sp³-hybridized carbons (Fsp3) is 0.533. The fourth-order valence-electron chi connectivity index (χ4n) is 2.31. The molecule has 4 nitrogen and oxygen atoms in total. The molecule has 1 amide bonds. The molecule has 110 valence electrons. The number of halogens is 1. The third-order valence-electron chi connectivity index (χ3n) is 3.61. The van der Waals surface area contributed by atoms with E-state index >= 15 is 0 Å². The summed E-state index contributed by atoms with van der Waals surface area (Å²) >= 11 is 6.00. The Bertz CT molecular complexity index is 459. The molecule has 0 aliphatic carbocycles. The van der Waals surface area contributed by atoms with Crippen molar-refractivity contribution in [2.45, 2.75) is 19.8 Å². The summed E-state index contributed by atoms with van der Waals surface area (Å²) in [6, 6.07) is 5.44. The van der Waals surface area contributed by atoms with E-state index in [0.29, 0.717) is 23.2 Å². The molecule has 1 unspecified atom stereocenters. The van der Waals surface area contributed by atoms with Gasteiger partial charge in [0.25, 0.3) is 5.91 Å². The summed E-state index contributed by atoms with van der Waals surface area (Å²) in [5.74, 6) is 1.26. The van der Waals surface area contributed by atoms with Crippen LogP contribution in [0.4, 0.5) is 0 Å². The van der Waals surface area contributed by atoms with Gasteiger partial charge in [0.1, 0.15) is 5.75 Å². The van der Waals surface area contributed by atoms with Gasteiger partial charge in [-0.15, -0.1) is 0 Å². The van der Waals surface area contributed by atoms with Crippen LogP contribution in [-0.2, 0) is 4.79 Å². The highest BCUT2D eigenvalue weighted by Gasteiger charge is 2.14. The lowest BCUT2D eigenvalue weighted by Crippen LogP contribution is -2.31. The first-order valence-corrected chi connectivity index (χ1v) is 7.40. The third kappa shape index (κ3) is 4.39. The smallest absolute Gasteiger partial charge is 0.257 e. The van der Waals surface area contributed by atoms with E-state index in [1.807, 2.05) is 19.1 Å². The van der Waals surface area contributed by atoms with Crippen LogP contribution in [0, 0.1) is 12.8 Å². The first-order valence-electron chi connectivity index (χ1n) is 7.02. The van der Waals surface area contributed by atoms with Crippen LogP contribution in [-0.4, -0.2) is 32.1 Å². The molecular formula is C15H21ClN2O2. The van der Waals surface area contributed by atoms with Crippen LogP contribution in [0.2, 0.25) is 5.02 Å². The van der Waals surface area contributed by atoms with Gasteiger partial charge in [0.2, 0.25) is 0 Å². The van der Waals surface area contributed by atoms with Gasteiger partial charge in [-0.05, 0) is 50.9 Å². The van der Waals surface area contributed by atoms with Gasteiger partial charge in [-0.3, -0.25) is 4.79 Å². The molecule has 0 saturated carbocycles. The Morgan fingerprint density at radius 2 is 2.40 bits per heavy atom. The van der Waals surface area contributed by atoms with E-state index in [4.69, 9.17) is 16.3 Å². The van der Waals surface area contributed by atoms with Crippen LogP contribution in [0.15, 0.2) is 18.2 Å². The van der Waals surface area contributed by atoms with E-state index in [0.717, 1.165) is 25.1 Å². The second-order valence-corrected chi connectivity index (χ2v) is 5.56. The number of carbonyl (C=O) groups excluding carboxylic acids is 1. The molecule has 20 heavy (non-hydrogen) atoms. The topological polar surface area (TPSA) is 50.4 Å². The number of nitrogens with one attached hydrogen (secondary N) is 2. The molecule has 1 aromatic carbocycles. The molecule has 1 aliphatic rings. The molecule has 2 N–H and O–H groups in total. The maximum atomic E-state index is 11.7. The first kappa shape index (κ1) is 15.1. The van der Waals surface area contributed by atoms with E-state index in [-0.39, 0.29) is 12.5 Å². The van der Waals surface area contributed by atoms with E-state index < -0.39 is 0 Å². The number of ether oxygens (including phenoxy) is 1. The molecular weight excluding hydrogens is 276 g/mol. The number of hydrogen-bond acceptors (Lipinski definition) is 3. The molecule has 0 radical (unpaired) electrons. The van der Waals surface area contributed by atoms with Gasteiger partial charge < -0.3 is 15.4 Å². The van der Waals surface area contributed by atoms with Crippen molar-refractivity contribution in [2.75, 3.05) is 26.2 Å². The van der Waals surface area contributed by atoms with E-state index in [1.165, 1.54) is 6.42 Å². The maximum Gasteiger partial charge on any atom is 0.257 e. The lowest BCUT2D eigenvalue weighted by Gasteiger charge is -2.11. The van der Waals surface area contributed by atoms with Gasteiger partial charge in [-0.25, -0.2) is 0 Å². The van der Waals surface area contributed by atoms with Crippen molar-refractivity contribution < 1.29 is 9.53 Å². The SMILES string of the molecule is Cc1c(Cl)cccc1OCC(=O)NCCC1CCNC1. The first-order chi connectivity index (χ1) is 9.66. The summed E-state index contributed by atoms with van der Waals surface area (Å²) in [4.78, 5) is 11.7. The third-order valence-corrected chi connectivity index (χ3v) is 4.02. The van der Waals surface area contributed by atoms with Crippen molar-refractivity contribution >= 4 is 17.5 Å². The predicted octanol–water partition coefficient (Wildman–Crippen LogP) is 2.14. The molecule has 2 rings (SSSR count). The lowest BCUT2D eigenvalue weighted by molar-refractivity contribution is -0.123. The van der Waals surface area contributed by atoms with Gasteiger partial charge in [0.15, 0.2) is 6.61 Å². The average molecular weight is 297 g/mol. The van der Waals surface area contributed by atoms with E-state index in [9.17, 15) is 4.79 Å². The Kier molecular flexibility index (Phi) is 5.68. The van der Waals surface area contributed by atoms with Crippen molar-refractivity contribution in [2.24, 2.45) is 5.92 Å². The number of carbonyl (C=O) groups is 1. The van der Waals surface area contributed by atoms with Crippen LogP contribution >= 0.6 is 11.6 Å². The summed E-state index contributed by atoms with van der Waals surface area (Å²) in [6.45, 7) is 4.78. The summed E-state index contributed by atoms with van der Waals surface area (Å²) < 4.78 is 5.49. The maximum absolute atomic E-state index is 11.7. The van der Waals surface area contributed by atoms with Gasteiger partial charge in [-0.2, -0.15) is 0 Å². The Balaban J connectivity index is 1.68. The molecule has 1 aromatic rings. The van der Waals surface area contributed by atoms with Crippen molar-refractivity contribution in [1.29, 1.82) is 0 Å². The normalized spacial score (nSPS) is 18.0. The predicted molar refractivity (Wildman–Crippen MR) is 80.3 cm³/mol. The van der Waals surface area contributed by atoms with Crippen LogP contribution in [0.3, 0.4) is 0 Å². The number of hydrogen-bond donors (Lipinski definition) is 2. The molecule has 0 spiro atoms. The minimum atomic E-state index is -0.0877. The van der Waals surface area contributed by atoms with Crippen LogP contribution in [0.25, 0.3) is 0 Å². The van der Waals surface area contributed by atoms with Crippen LogP contribution in [0.1, 0.15) is 18.4 Å². The van der Waals surface area contributed by atoms with Gasteiger partial charge in [0, 0.05) is 17.1 Å². The standard InChI is InChI=1S/C15H21ClN2O2/c1-11-13(16)3-2-4-14(11)20-10-15(19)18-8-6-12-5-7-17-9-12/h2-4,12,17H,5-10H2,1H3,(H,18,19). The van der Waals surface area contributed by atoms with Crippen molar-refractivity contribution in [3.63, 3.8) is 0 Å². The summed E-state index contributed by atoms with van der Waals surface area (Å²) in [7, 11) is 0. The molecule has 5 heteroatoms. The fourth-order valence-corrected chi connectivity index (χ4v) is 2.48. The van der Waals surface area contributed by atoms with Crippen molar-refractivity contribution in [1.82, 2.24) is 10.6 Å². The zero-order valence-electron chi connectivity index (χ0n) is 11.7. The number of benzene rings is 1. The second-order valence-electron chi connectivity index (χ2n) is 5.15. The highest BCUT2D eigenvalue weighted by molar-refractivity contribution is 6.31. The molecule has 1 aliphatic heterocycles. The van der Waals surface area contributed by atoms with Crippen LogP contribution < -0.4 is 15.4 Å². The summed E-state index contributed by atoms with van der Waals surface area (Å²) in [5, 5.41) is 6.86. The zero-order chi connectivity index (χ0) is 14.4. The van der Waals surface area contributed by atoms with Gasteiger partial charge in [-0.1, -0.05) is 17.7 Å². The number of rotatable bonds is 6. The Morgan fingerprint density at radius 1 is 1.55 bits per heavy atom. The van der Waals surface area contributed by atoms with Crippen molar-refractivity contribution in [3.05, 3.63) is 28.8 Å². The Hall–Kier alpha value is -1.26. The quantitative estimate of drug-likeness (QED) is 0.846.